The Bertz CT molecular complexity index is 54.4. The van der Waals surface area contributed by atoms with Gasteiger partial charge in [0.05, 0.1) is 0 Å². The van der Waals surface area contributed by atoms with Crippen LogP contribution in [0.25, 0.3) is 0 Å². The quantitative estimate of drug-likeness (QED) is 0.136. The van der Waals surface area contributed by atoms with Crippen LogP contribution in [0.3, 0.4) is 0 Å². The molecule has 0 rings (SSSR count). The first kappa shape index (κ1) is 10.9. The van der Waals surface area contributed by atoms with Crippen LogP contribution in [0.5, 0.6) is 0 Å². The number of ether oxygens (including phenoxy) is 2. The van der Waals surface area contributed by atoms with Gasteiger partial charge in [0, 0.05) is 7.11 Å². The third-order valence-electron chi connectivity index (χ3n) is 0.378. The molecule has 0 aliphatic heterocycles. The van der Waals surface area contributed by atoms with Crippen molar-refractivity contribution < 1.29 is 28.3 Å². The van der Waals surface area contributed by atoms with E-state index in [0.717, 1.165) is 0 Å². The molecule has 2 nitrogen and oxygen atoms in total. The van der Waals surface area contributed by atoms with Gasteiger partial charge in [0.1, 0.15) is 0 Å². The Kier molecular flexibility index (Phi) is 13.7. The second kappa shape index (κ2) is 10.1. The molecule has 42 valence electrons. The van der Waals surface area contributed by atoms with Gasteiger partial charge in [-0.1, -0.05) is 6.26 Å². The molecule has 8 heavy (non-hydrogen) atoms. The average molecular weight is 108 g/mol. The minimum absolute atomic E-state index is 0. The molecule has 0 aromatic carbocycles. The van der Waals surface area contributed by atoms with Crippen molar-refractivity contribution in [2.24, 2.45) is 0 Å². The van der Waals surface area contributed by atoms with E-state index in [1.165, 1.54) is 6.26 Å². The summed E-state index contributed by atoms with van der Waals surface area (Å²) in [7, 11) is 1.57. The van der Waals surface area contributed by atoms with Crippen LogP contribution in [-0.4, -0.2) is 13.9 Å². The van der Waals surface area contributed by atoms with Gasteiger partial charge in [-0.3, -0.25) is 0 Å². The summed E-state index contributed by atoms with van der Waals surface area (Å²) in [6, 6.07) is 0. The number of rotatable bonds is 3. The normalized spacial score (nSPS) is 8.62. The second-order valence-corrected chi connectivity index (χ2v) is 0.945. The molecule has 0 aromatic heterocycles. The summed E-state index contributed by atoms with van der Waals surface area (Å²) < 4.78 is 9.21. The van der Waals surface area contributed by atoms with Crippen LogP contribution in [0.15, 0.2) is 12.3 Å². The van der Waals surface area contributed by atoms with E-state index in [-0.39, 0.29) is 18.9 Å². The summed E-state index contributed by atoms with van der Waals surface area (Å²) in [6.07, 6.45) is 3.03. The Hall–Kier alpha value is -0.0326. The molecule has 0 saturated carbocycles. The van der Waals surface area contributed by atoms with Crippen molar-refractivity contribution in [2.75, 3.05) is 13.9 Å². The minimum Gasteiger partial charge on any atom is -0.565 e. The van der Waals surface area contributed by atoms with Crippen LogP contribution in [0.1, 0.15) is 0 Å². The van der Waals surface area contributed by atoms with Gasteiger partial charge in [-0.15, -0.1) is 0 Å². The first-order valence-electron chi connectivity index (χ1n) is 1.96. The van der Waals surface area contributed by atoms with E-state index in [1.807, 2.05) is 0 Å². The van der Waals surface area contributed by atoms with Gasteiger partial charge in [-0.25, -0.2) is 6.92 Å². The Morgan fingerprint density at radius 1 is 1.62 bits per heavy atom. The minimum atomic E-state index is 0. The molecule has 0 aliphatic carbocycles. The van der Waals surface area contributed by atoms with Crippen molar-refractivity contribution >= 4 is 0 Å². The second-order valence-electron chi connectivity index (χ2n) is 0.945. The molecule has 0 spiro atoms. The molecule has 0 N–H and O–H groups in total. The van der Waals surface area contributed by atoms with E-state index < -0.39 is 0 Å². The molecule has 0 amide bonds. The van der Waals surface area contributed by atoms with E-state index in [1.54, 1.807) is 13.2 Å². The van der Waals surface area contributed by atoms with Gasteiger partial charge in [0.25, 0.3) is 0 Å². The maximum absolute atomic E-state index is 4.67. The summed E-state index contributed by atoms with van der Waals surface area (Å²) in [5, 5.41) is 0. The molecule has 0 saturated heterocycles. The van der Waals surface area contributed by atoms with Crippen LogP contribution in [0.4, 0.5) is 0 Å². The number of methoxy groups -OCH3 is 1. The Balaban J connectivity index is 0. The molecule has 0 fully saturated rings. The topological polar surface area (TPSA) is 18.5 Å². The SMILES string of the molecule is [CH2-]/C=C\OCOC.[Li+]. The van der Waals surface area contributed by atoms with E-state index in [0.29, 0.717) is 6.79 Å². The molecule has 3 heteroatoms. The first-order valence-corrected chi connectivity index (χ1v) is 1.96. The van der Waals surface area contributed by atoms with Gasteiger partial charge in [-0.05, 0) is 0 Å². The zero-order chi connectivity index (χ0) is 5.54. The fraction of sp³-hybridized carbons (Fsp3) is 0.400. The van der Waals surface area contributed by atoms with Crippen LogP contribution >= 0.6 is 0 Å². The average Bonchev–Trinajstić information content (AvgIpc) is 1.69. The summed E-state index contributed by atoms with van der Waals surface area (Å²) >= 11 is 0. The number of allylic oxidation sites excluding steroid dienone is 1. The monoisotopic (exact) mass is 108 g/mol. The molecule has 0 unspecified atom stereocenters. The van der Waals surface area contributed by atoms with Gasteiger partial charge in [0.2, 0.25) is 0 Å². The molecule has 0 heterocycles. The van der Waals surface area contributed by atoms with Gasteiger partial charge in [0.15, 0.2) is 6.79 Å². The maximum Gasteiger partial charge on any atom is 1.00 e. The maximum atomic E-state index is 4.67. The summed E-state index contributed by atoms with van der Waals surface area (Å²) in [4.78, 5) is 0. The van der Waals surface area contributed by atoms with Crippen molar-refractivity contribution in [1.82, 2.24) is 0 Å². The smallest absolute Gasteiger partial charge is 0.565 e. The predicted molar refractivity (Wildman–Crippen MR) is 27.5 cm³/mol. The molecule has 0 radical (unpaired) electrons. The fourth-order valence-electron chi connectivity index (χ4n) is 0.175. The number of hydrogen-bond acceptors (Lipinski definition) is 2. The standard InChI is InChI=1S/C5H9O2.Li/c1-3-4-7-5-6-2;/h3-4H,1,5H2,2H3;/q-1;+1/b4-3-;. The van der Waals surface area contributed by atoms with Crippen LogP contribution < -0.4 is 18.9 Å². The van der Waals surface area contributed by atoms with Crippen LogP contribution in [0, 0.1) is 6.92 Å². The van der Waals surface area contributed by atoms with Crippen LogP contribution in [-0.2, 0) is 9.47 Å². The summed E-state index contributed by atoms with van der Waals surface area (Å²) in [6.45, 7) is 3.69. The summed E-state index contributed by atoms with van der Waals surface area (Å²) in [5.41, 5.74) is 0. The molecular weight excluding hydrogens is 99.0 g/mol. The molecular formula is C5H9LiO2. The number of hydrogen-bond donors (Lipinski definition) is 0. The zero-order valence-electron chi connectivity index (χ0n) is 5.39. The first-order chi connectivity index (χ1) is 3.41. The van der Waals surface area contributed by atoms with Gasteiger partial charge < -0.3 is 9.47 Å². The third kappa shape index (κ3) is 9.35. The van der Waals surface area contributed by atoms with E-state index in [9.17, 15) is 0 Å². The van der Waals surface area contributed by atoms with Crippen LogP contribution in [0.2, 0.25) is 0 Å². The van der Waals surface area contributed by atoms with E-state index >= 15 is 0 Å². The Labute approximate surface area is 62.0 Å². The predicted octanol–water partition coefficient (Wildman–Crippen LogP) is -2.04. The largest absolute Gasteiger partial charge is 1.00 e. The molecule has 0 bridgehead atoms. The van der Waals surface area contributed by atoms with Crippen molar-refractivity contribution in [3.05, 3.63) is 19.3 Å². The molecule has 0 aromatic rings. The van der Waals surface area contributed by atoms with Crippen molar-refractivity contribution in [3.63, 3.8) is 0 Å². The Morgan fingerprint density at radius 2 is 2.25 bits per heavy atom. The summed E-state index contributed by atoms with van der Waals surface area (Å²) in [5.74, 6) is 0. The van der Waals surface area contributed by atoms with Gasteiger partial charge >= 0.3 is 18.9 Å². The van der Waals surface area contributed by atoms with E-state index in [2.05, 4.69) is 16.4 Å². The van der Waals surface area contributed by atoms with Crippen molar-refractivity contribution in [2.45, 2.75) is 0 Å². The van der Waals surface area contributed by atoms with E-state index in [4.69, 9.17) is 0 Å². The van der Waals surface area contributed by atoms with Crippen molar-refractivity contribution in [1.29, 1.82) is 0 Å². The Morgan fingerprint density at radius 3 is 2.62 bits per heavy atom. The zero-order valence-corrected chi connectivity index (χ0v) is 5.39. The van der Waals surface area contributed by atoms with Crippen molar-refractivity contribution in [3.8, 4) is 0 Å². The molecule has 0 aliphatic rings. The third-order valence-corrected chi connectivity index (χ3v) is 0.378. The molecule has 0 atom stereocenters. The van der Waals surface area contributed by atoms with Gasteiger partial charge in [-0.2, -0.15) is 6.08 Å². The fourth-order valence-corrected chi connectivity index (χ4v) is 0.175.